The number of thiol groups is 2. The smallest absolute Gasteiger partial charge is 0.206 e. The average molecular weight is 226 g/mol. The number of aliphatic hydroxyl groups is 2. The Kier molecular flexibility index (Phi) is 3.91. The highest BCUT2D eigenvalue weighted by Crippen LogP contribution is 2.33. The Balaban J connectivity index is 2.79. The topological polar surface area (TPSA) is 58.9 Å². The van der Waals surface area contributed by atoms with E-state index in [1.807, 2.05) is 0 Å². The molecule has 1 rings (SSSR count). The Morgan fingerprint density at radius 2 is 2.08 bits per heavy atom. The first kappa shape index (κ1) is 11.6. The predicted molar refractivity (Wildman–Crippen MR) is 54.3 cm³/mol. The van der Waals surface area contributed by atoms with Crippen LogP contribution in [0.15, 0.2) is 0 Å². The van der Waals surface area contributed by atoms with Crippen LogP contribution in [0.3, 0.4) is 0 Å². The minimum atomic E-state index is -1.20. The highest BCUT2D eigenvalue weighted by molar-refractivity contribution is 7.80. The van der Waals surface area contributed by atoms with Crippen LogP contribution in [-0.4, -0.2) is 52.9 Å². The number of aliphatic hydroxyl groups excluding tert-OH is 2. The number of hydrogen-bond acceptors (Lipinski definition) is 6. The van der Waals surface area contributed by atoms with Gasteiger partial charge in [0.1, 0.15) is 12.2 Å². The molecule has 1 fully saturated rings. The van der Waals surface area contributed by atoms with Gasteiger partial charge >= 0.3 is 0 Å². The third-order valence-corrected chi connectivity index (χ3v) is 3.05. The summed E-state index contributed by atoms with van der Waals surface area (Å²) in [5, 5.41) is 19.1. The van der Waals surface area contributed by atoms with Crippen LogP contribution in [0.2, 0.25) is 0 Å². The zero-order chi connectivity index (χ0) is 10.1. The van der Waals surface area contributed by atoms with Crippen LogP contribution in [0, 0.1) is 0 Å². The molecule has 0 aromatic heterocycles. The molecule has 1 aliphatic heterocycles. The Hall–Kier alpha value is 0.540. The molecule has 78 valence electrons. The Morgan fingerprint density at radius 3 is 2.31 bits per heavy atom. The summed E-state index contributed by atoms with van der Waals surface area (Å²) in [5.74, 6) is -0.682. The van der Waals surface area contributed by atoms with E-state index in [2.05, 4.69) is 25.3 Å². The average Bonchev–Trinajstić information content (AvgIpc) is 2.42. The van der Waals surface area contributed by atoms with Gasteiger partial charge in [-0.05, 0) is 0 Å². The summed E-state index contributed by atoms with van der Waals surface area (Å²) in [6.45, 7) is 0. The van der Waals surface area contributed by atoms with E-state index in [1.54, 1.807) is 0 Å². The molecule has 0 radical (unpaired) electrons. The van der Waals surface area contributed by atoms with Crippen molar-refractivity contribution < 1.29 is 19.7 Å². The summed E-state index contributed by atoms with van der Waals surface area (Å²) in [6, 6.07) is 0. The molecule has 0 amide bonds. The van der Waals surface area contributed by atoms with Crippen molar-refractivity contribution in [3.63, 3.8) is 0 Å². The molecule has 0 aromatic carbocycles. The molecule has 0 aliphatic carbocycles. The van der Waals surface area contributed by atoms with Crippen molar-refractivity contribution >= 4 is 25.3 Å². The van der Waals surface area contributed by atoms with Crippen molar-refractivity contribution in [3.8, 4) is 0 Å². The molecular formula is C7H14O4S2. The number of hydrogen-bond donors (Lipinski definition) is 4. The van der Waals surface area contributed by atoms with Gasteiger partial charge < -0.3 is 19.7 Å². The monoisotopic (exact) mass is 226 g/mol. The van der Waals surface area contributed by atoms with Crippen LogP contribution in [0.25, 0.3) is 0 Å². The zero-order valence-corrected chi connectivity index (χ0v) is 9.04. The zero-order valence-electron chi connectivity index (χ0n) is 7.25. The molecule has 0 spiro atoms. The molecule has 13 heavy (non-hydrogen) atoms. The summed E-state index contributed by atoms with van der Waals surface area (Å²) in [6.07, 6.45) is -2.55. The van der Waals surface area contributed by atoms with E-state index in [0.717, 1.165) is 0 Å². The van der Waals surface area contributed by atoms with Gasteiger partial charge in [-0.3, -0.25) is 0 Å². The third kappa shape index (κ3) is 1.84. The van der Waals surface area contributed by atoms with E-state index in [0.29, 0.717) is 5.75 Å². The van der Waals surface area contributed by atoms with Crippen LogP contribution in [0.5, 0.6) is 0 Å². The van der Waals surface area contributed by atoms with Crippen LogP contribution in [0.4, 0.5) is 0 Å². The molecule has 0 aromatic rings. The largest absolute Gasteiger partial charge is 0.387 e. The van der Waals surface area contributed by atoms with Gasteiger partial charge in [0.05, 0.1) is 6.10 Å². The maximum Gasteiger partial charge on any atom is 0.206 e. The standard InChI is InChI=1S/C7H14O4S2/c1-10-7(3-13)6(9)5(8)4(2-12)11-7/h4-6,8-9,12-13H,2-3H2,1H3/t4-,5-,6+,7-/m1/s1. The van der Waals surface area contributed by atoms with E-state index in [4.69, 9.17) is 9.47 Å². The Morgan fingerprint density at radius 1 is 1.46 bits per heavy atom. The highest BCUT2D eigenvalue weighted by Gasteiger charge is 2.53. The number of methoxy groups -OCH3 is 1. The second-order valence-corrected chi connectivity index (χ2v) is 3.63. The van der Waals surface area contributed by atoms with Crippen LogP contribution >= 0.6 is 25.3 Å². The van der Waals surface area contributed by atoms with E-state index in [9.17, 15) is 10.2 Å². The summed E-state index contributed by atoms with van der Waals surface area (Å²) in [7, 11) is 1.41. The number of rotatable bonds is 3. The van der Waals surface area contributed by atoms with Crippen molar-refractivity contribution in [1.29, 1.82) is 0 Å². The maximum absolute atomic E-state index is 9.63. The summed E-state index contributed by atoms with van der Waals surface area (Å²) in [5.41, 5.74) is 0. The molecule has 1 aliphatic rings. The van der Waals surface area contributed by atoms with Crippen molar-refractivity contribution in [3.05, 3.63) is 0 Å². The molecular weight excluding hydrogens is 212 g/mol. The van der Waals surface area contributed by atoms with E-state index in [1.165, 1.54) is 7.11 Å². The van der Waals surface area contributed by atoms with E-state index in [-0.39, 0.29) is 5.75 Å². The lowest BCUT2D eigenvalue weighted by Crippen LogP contribution is -2.46. The molecule has 1 saturated heterocycles. The van der Waals surface area contributed by atoms with Gasteiger partial charge in [-0.15, -0.1) is 0 Å². The lowest BCUT2D eigenvalue weighted by molar-refractivity contribution is -0.226. The fraction of sp³-hybridized carbons (Fsp3) is 1.00. The molecule has 0 unspecified atom stereocenters. The first-order chi connectivity index (χ1) is 6.11. The van der Waals surface area contributed by atoms with E-state index < -0.39 is 24.1 Å². The van der Waals surface area contributed by atoms with E-state index >= 15 is 0 Å². The fourth-order valence-corrected chi connectivity index (χ4v) is 2.05. The van der Waals surface area contributed by atoms with Crippen molar-refractivity contribution in [2.24, 2.45) is 0 Å². The van der Waals surface area contributed by atoms with Crippen LogP contribution < -0.4 is 0 Å². The Labute approximate surface area is 88.0 Å². The molecule has 0 bridgehead atoms. The van der Waals surface area contributed by atoms with Crippen molar-refractivity contribution in [2.45, 2.75) is 24.1 Å². The van der Waals surface area contributed by atoms with Gasteiger partial charge in [-0.25, -0.2) is 0 Å². The SMILES string of the molecule is CO[C@]1(CS)O[C@H](CS)[C@@H](O)[C@@H]1O. The van der Waals surface area contributed by atoms with Crippen LogP contribution in [-0.2, 0) is 9.47 Å². The van der Waals surface area contributed by atoms with Crippen molar-refractivity contribution in [2.75, 3.05) is 18.6 Å². The molecule has 4 atom stereocenters. The summed E-state index contributed by atoms with van der Waals surface area (Å²) >= 11 is 8.01. The second-order valence-electron chi connectivity index (χ2n) is 2.95. The quantitative estimate of drug-likeness (QED) is 0.481. The predicted octanol–water partition coefficient (Wildman–Crippen LogP) is -0.691. The molecule has 6 heteroatoms. The van der Waals surface area contributed by atoms with Gasteiger partial charge in [-0.2, -0.15) is 25.3 Å². The normalized spacial score (nSPS) is 45.5. The molecule has 0 saturated carbocycles. The van der Waals surface area contributed by atoms with Gasteiger partial charge in [0.25, 0.3) is 0 Å². The molecule has 1 heterocycles. The lowest BCUT2D eigenvalue weighted by atomic mass is 10.1. The number of ether oxygens (including phenoxy) is 2. The van der Waals surface area contributed by atoms with Gasteiger partial charge in [-0.1, -0.05) is 0 Å². The highest BCUT2D eigenvalue weighted by atomic mass is 32.1. The molecule has 2 N–H and O–H groups in total. The third-order valence-electron chi connectivity index (χ3n) is 2.25. The first-order valence-corrected chi connectivity index (χ1v) is 5.18. The minimum absolute atomic E-state index is 0.187. The fourth-order valence-electron chi connectivity index (χ4n) is 1.37. The van der Waals surface area contributed by atoms with Gasteiger partial charge in [0, 0.05) is 18.6 Å². The lowest BCUT2D eigenvalue weighted by Gasteiger charge is -2.28. The van der Waals surface area contributed by atoms with Gasteiger partial charge in [0.15, 0.2) is 0 Å². The van der Waals surface area contributed by atoms with Crippen LogP contribution in [0.1, 0.15) is 0 Å². The minimum Gasteiger partial charge on any atom is -0.387 e. The molecule has 4 nitrogen and oxygen atoms in total. The summed E-state index contributed by atoms with van der Waals surface area (Å²) in [4.78, 5) is 0. The van der Waals surface area contributed by atoms with Crippen molar-refractivity contribution in [1.82, 2.24) is 0 Å². The first-order valence-electron chi connectivity index (χ1n) is 3.92. The summed E-state index contributed by atoms with van der Waals surface area (Å²) < 4.78 is 10.4. The van der Waals surface area contributed by atoms with Gasteiger partial charge in [0.2, 0.25) is 5.79 Å². The maximum atomic E-state index is 9.63. The second kappa shape index (κ2) is 4.37. The Bertz CT molecular complexity index is 174.